The number of hydrogen-bond acceptors (Lipinski definition) is 2. The lowest BCUT2D eigenvalue weighted by atomic mass is 9.88. The van der Waals surface area contributed by atoms with Gasteiger partial charge < -0.3 is 10.5 Å². The predicted molar refractivity (Wildman–Crippen MR) is 102 cm³/mol. The van der Waals surface area contributed by atoms with Crippen LogP contribution in [0.3, 0.4) is 0 Å². The Balaban J connectivity index is 1.80. The molecule has 138 valence electrons. The number of ether oxygens (including phenoxy) is 1. The SMILES string of the molecule is CCCCCCCCCCCCCCCC(N)C1(C)OC1(C)C. The lowest BCUT2D eigenvalue weighted by Crippen LogP contribution is -2.39. The normalized spacial score (nSPS) is 23.9. The van der Waals surface area contributed by atoms with Crippen molar-refractivity contribution in [2.24, 2.45) is 5.73 Å². The smallest absolute Gasteiger partial charge is 0.110 e. The fourth-order valence-electron chi connectivity index (χ4n) is 3.68. The monoisotopic (exact) mass is 325 g/mol. The first-order valence-corrected chi connectivity index (χ1v) is 10.4. The lowest BCUT2D eigenvalue weighted by molar-refractivity contribution is 0.253. The minimum absolute atomic E-state index is 0.0110. The van der Waals surface area contributed by atoms with Crippen molar-refractivity contribution >= 4 is 0 Å². The highest BCUT2D eigenvalue weighted by Crippen LogP contribution is 2.49. The molecule has 1 saturated heterocycles. The maximum absolute atomic E-state index is 6.30. The Bertz CT molecular complexity index is 302. The Kier molecular flexibility index (Phi) is 9.77. The van der Waals surface area contributed by atoms with E-state index < -0.39 is 0 Å². The molecular weight excluding hydrogens is 282 g/mol. The molecule has 1 aliphatic rings. The molecule has 0 radical (unpaired) electrons. The largest absolute Gasteiger partial charge is 0.362 e. The quantitative estimate of drug-likeness (QED) is 0.281. The van der Waals surface area contributed by atoms with Gasteiger partial charge in [-0.1, -0.05) is 90.4 Å². The van der Waals surface area contributed by atoms with Crippen molar-refractivity contribution in [2.45, 2.75) is 135 Å². The van der Waals surface area contributed by atoms with Gasteiger partial charge in [0.25, 0.3) is 0 Å². The highest BCUT2D eigenvalue weighted by molar-refractivity contribution is 5.13. The minimum Gasteiger partial charge on any atom is -0.362 e. The summed E-state index contributed by atoms with van der Waals surface area (Å²) in [5.74, 6) is 0. The molecule has 0 amide bonds. The van der Waals surface area contributed by atoms with E-state index in [4.69, 9.17) is 10.5 Å². The molecule has 1 rings (SSSR count). The van der Waals surface area contributed by atoms with Gasteiger partial charge in [-0.3, -0.25) is 0 Å². The molecule has 2 heteroatoms. The first-order valence-electron chi connectivity index (χ1n) is 10.4. The van der Waals surface area contributed by atoms with Gasteiger partial charge in [0.15, 0.2) is 0 Å². The molecule has 23 heavy (non-hydrogen) atoms. The average Bonchev–Trinajstić information content (AvgIpc) is 3.03. The van der Waals surface area contributed by atoms with E-state index in [0.29, 0.717) is 0 Å². The number of epoxide rings is 1. The summed E-state index contributed by atoms with van der Waals surface area (Å²) in [4.78, 5) is 0. The van der Waals surface area contributed by atoms with Crippen LogP contribution in [0.5, 0.6) is 0 Å². The molecule has 0 aromatic heterocycles. The molecule has 0 bridgehead atoms. The number of hydrogen-bond donors (Lipinski definition) is 1. The number of unbranched alkanes of at least 4 members (excludes halogenated alkanes) is 12. The molecule has 1 heterocycles. The van der Waals surface area contributed by atoms with Crippen LogP contribution < -0.4 is 5.73 Å². The van der Waals surface area contributed by atoms with Gasteiger partial charge in [-0.25, -0.2) is 0 Å². The van der Waals surface area contributed by atoms with Crippen molar-refractivity contribution in [3.8, 4) is 0 Å². The summed E-state index contributed by atoms with van der Waals surface area (Å²) in [6.07, 6.45) is 19.4. The third kappa shape index (κ3) is 7.56. The van der Waals surface area contributed by atoms with Crippen molar-refractivity contribution in [3.05, 3.63) is 0 Å². The van der Waals surface area contributed by atoms with E-state index >= 15 is 0 Å². The lowest BCUT2D eigenvalue weighted by Gasteiger charge is -2.18. The van der Waals surface area contributed by atoms with Crippen LogP contribution in [0.2, 0.25) is 0 Å². The van der Waals surface area contributed by atoms with Gasteiger partial charge in [0.1, 0.15) is 5.60 Å². The van der Waals surface area contributed by atoms with Gasteiger partial charge in [0, 0.05) is 6.04 Å². The molecule has 2 N–H and O–H groups in total. The van der Waals surface area contributed by atoms with Gasteiger partial charge in [-0.05, 0) is 27.2 Å². The van der Waals surface area contributed by atoms with Crippen molar-refractivity contribution in [1.82, 2.24) is 0 Å². The third-order valence-electron chi connectivity index (χ3n) is 5.95. The molecule has 2 unspecified atom stereocenters. The summed E-state index contributed by atoms with van der Waals surface area (Å²) >= 11 is 0. The third-order valence-corrected chi connectivity index (χ3v) is 5.95. The fraction of sp³-hybridized carbons (Fsp3) is 1.00. The first-order chi connectivity index (χ1) is 10.9. The predicted octanol–water partition coefficient (Wildman–Crippen LogP) is 6.36. The van der Waals surface area contributed by atoms with E-state index in [2.05, 4.69) is 27.7 Å². The minimum atomic E-state index is -0.0792. The van der Waals surface area contributed by atoms with Crippen molar-refractivity contribution < 1.29 is 4.74 Å². The van der Waals surface area contributed by atoms with Crippen LogP contribution in [-0.2, 0) is 4.74 Å². The Labute approximate surface area is 145 Å². The highest BCUT2D eigenvalue weighted by Gasteiger charge is 2.62. The molecule has 2 atom stereocenters. The van der Waals surface area contributed by atoms with E-state index in [0.717, 1.165) is 6.42 Å². The van der Waals surface area contributed by atoms with Crippen molar-refractivity contribution in [2.75, 3.05) is 0 Å². The van der Waals surface area contributed by atoms with E-state index in [1.54, 1.807) is 0 Å². The van der Waals surface area contributed by atoms with E-state index in [1.807, 2.05) is 0 Å². The molecule has 1 aliphatic heterocycles. The molecule has 1 fully saturated rings. The summed E-state index contributed by atoms with van der Waals surface area (Å²) in [6, 6.07) is 0.199. The van der Waals surface area contributed by atoms with Crippen LogP contribution in [-0.4, -0.2) is 17.2 Å². The molecule has 0 aromatic rings. The molecule has 0 aliphatic carbocycles. The second kappa shape index (κ2) is 10.7. The van der Waals surface area contributed by atoms with Crippen LogP contribution in [0, 0.1) is 0 Å². The van der Waals surface area contributed by atoms with E-state index in [-0.39, 0.29) is 17.2 Å². The summed E-state index contributed by atoms with van der Waals surface area (Å²) in [6.45, 7) is 8.75. The van der Waals surface area contributed by atoms with Crippen LogP contribution in [0.15, 0.2) is 0 Å². The first kappa shape index (κ1) is 21.0. The van der Waals surface area contributed by atoms with Crippen LogP contribution >= 0.6 is 0 Å². The van der Waals surface area contributed by atoms with Crippen molar-refractivity contribution in [1.29, 1.82) is 0 Å². The van der Waals surface area contributed by atoms with E-state index in [9.17, 15) is 0 Å². The number of rotatable bonds is 15. The van der Waals surface area contributed by atoms with E-state index in [1.165, 1.54) is 83.5 Å². The maximum Gasteiger partial charge on any atom is 0.110 e. The van der Waals surface area contributed by atoms with Gasteiger partial charge in [-0.2, -0.15) is 0 Å². The summed E-state index contributed by atoms with van der Waals surface area (Å²) < 4.78 is 5.79. The maximum atomic E-state index is 6.30. The number of nitrogens with two attached hydrogens (primary N) is 1. The Morgan fingerprint density at radius 3 is 1.39 bits per heavy atom. The Morgan fingerprint density at radius 1 is 0.696 bits per heavy atom. The van der Waals surface area contributed by atoms with Gasteiger partial charge in [0.2, 0.25) is 0 Å². The van der Waals surface area contributed by atoms with Crippen LogP contribution in [0.4, 0.5) is 0 Å². The molecule has 0 saturated carbocycles. The van der Waals surface area contributed by atoms with Gasteiger partial charge >= 0.3 is 0 Å². The van der Waals surface area contributed by atoms with Crippen LogP contribution in [0.25, 0.3) is 0 Å². The van der Waals surface area contributed by atoms with Gasteiger partial charge in [0.05, 0.1) is 5.60 Å². The summed E-state index contributed by atoms with van der Waals surface area (Å²) in [5, 5.41) is 0. The zero-order valence-corrected chi connectivity index (χ0v) is 16.5. The average molecular weight is 326 g/mol. The molecule has 0 aromatic carbocycles. The fourth-order valence-corrected chi connectivity index (χ4v) is 3.68. The molecular formula is C21H43NO. The Hall–Kier alpha value is -0.0800. The van der Waals surface area contributed by atoms with Gasteiger partial charge in [-0.15, -0.1) is 0 Å². The Morgan fingerprint density at radius 2 is 1.04 bits per heavy atom. The summed E-state index contributed by atoms with van der Waals surface area (Å²) in [5.41, 5.74) is 6.21. The molecule has 0 spiro atoms. The van der Waals surface area contributed by atoms with Crippen LogP contribution in [0.1, 0.15) is 118 Å². The zero-order chi connectivity index (χ0) is 17.2. The summed E-state index contributed by atoms with van der Waals surface area (Å²) in [7, 11) is 0. The molecule has 2 nitrogen and oxygen atoms in total. The second-order valence-corrected chi connectivity index (χ2v) is 8.36. The second-order valence-electron chi connectivity index (χ2n) is 8.36. The zero-order valence-electron chi connectivity index (χ0n) is 16.5. The van der Waals surface area contributed by atoms with Crippen molar-refractivity contribution in [3.63, 3.8) is 0 Å². The standard InChI is InChI=1S/C21H43NO/c1-5-6-7-8-9-10-11-12-13-14-15-16-17-18-19(22)21(4)20(2,3)23-21/h19H,5-18,22H2,1-4H3. The highest BCUT2D eigenvalue weighted by atomic mass is 16.6. The topological polar surface area (TPSA) is 38.5 Å².